The molecule has 0 bridgehead atoms. The maximum Gasteiger partial charge on any atom is 0.134 e. The number of benzene rings is 1. The maximum absolute atomic E-state index is 5.89. The molecule has 94 valence electrons. The number of hydrogen-bond donors (Lipinski definition) is 2. The van der Waals surface area contributed by atoms with Crippen LogP contribution in [0.5, 0.6) is 0 Å². The molecule has 0 fully saturated rings. The van der Waals surface area contributed by atoms with Gasteiger partial charge in [-0.3, -0.25) is 0 Å². The Morgan fingerprint density at radius 2 is 1.94 bits per heavy atom. The van der Waals surface area contributed by atoms with Crippen molar-refractivity contribution in [1.82, 2.24) is 9.97 Å². The zero-order valence-corrected chi connectivity index (χ0v) is 10.6. The average Bonchev–Trinajstić information content (AvgIpc) is 2.41. The Hall–Kier alpha value is -2.10. The lowest BCUT2D eigenvalue weighted by Gasteiger charge is -2.11. The van der Waals surface area contributed by atoms with Crippen LogP contribution < -0.4 is 11.1 Å². The van der Waals surface area contributed by atoms with Crippen molar-refractivity contribution in [1.29, 1.82) is 0 Å². The predicted octanol–water partition coefficient (Wildman–Crippen LogP) is 2.62. The van der Waals surface area contributed by atoms with Gasteiger partial charge in [-0.15, -0.1) is 0 Å². The summed E-state index contributed by atoms with van der Waals surface area (Å²) in [7, 11) is 0. The first-order valence-electron chi connectivity index (χ1n) is 6.18. The Kier molecular flexibility index (Phi) is 4.12. The van der Waals surface area contributed by atoms with Gasteiger partial charge in [-0.05, 0) is 12.0 Å². The molecule has 0 amide bonds. The monoisotopic (exact) mass is 242 g/mol. The summed E-state index contributed by atoms with van der Waals surface area (Å²) in [6.07, 6.45) is 3.42. The highest BCUT2D eigenvalue weighted by Crippen LogP contribution is 2.19. The molecular weight excluding hydrogens is 224 g/mol. The Morgan fingerprint density at radius 3 is 2.67 bits per heavy atom. The van der Waals surface area contributed by atoms with Gasteiger partial charge in [-0.25, -0.2) is 9.97 Å². The lowest BCUT2D eigenvalue weighted by atomic mass is 10.1. The van der Waals surface area contributed by atoms with Gasteiger partial charge in [0.15, 0.2) is 0 Å². The third-order valence-corrected chi connectivity index (χ3v) is 2.78. The molecule has 0 saturated carbocycles. The number of hydrogen-bond acceptors (Lipinski definition) is 4. The lowest BCUT2D eigenvalue weighted by Crippen LogP contribution is -2.08. The van der Waals surface area contributed by atoms with Crippen molar-refractivity contribution in [2.24, 2.45) is 0 Å². The van der Waals surface area contributed by atoms with Crippen LogP contribution in [0.25, 0.3) is 0 Å². The Labute approximate surface area is 107 Å². The number of nitrogens with zero attached hydrogens (tertiary/aromatic N) is 2. The van der Waals surface area contributed by atoms with E-state index in [0.717, 1.165) is 30.8 Å². The van der Waals surface area contributed by atoms with Gasteiger partial charge >= 0.3 is 0 Å². The molecule has 1 aromatic heterocycles. The van der Waals surface area contributed by atoms with Gasteiger partial charge in [-0.1, -0.05) is 43.7 Å². The molecule has 2 aromatic rings. The molecule has 18 heavy (non-hydrogen) atoms. The fourth-order valence-corrected chi connectivity index (χ4v) is 1.86. The molecule has 0 radical (unpaired) electrons. The highest BCUT2D eigenvalue weighted by atomic mass is 15.0. The molecule has 0 aliphatic heterocycles. The predicted molar refractivity (Wildman–Crippen MR) is 74.2 cm³/mol. The maximum atomic E-state index is 5.89. The summed E-state index contributed by atoms with van der Waals surface area (Å²) in [6, 6.07) is 10.2. The van der Waals surface area contributed by atoms with E-state index >= 15 is 0 Å². The molecule has 0 aliphatic rings. The van der Waals surface area contributed by atoms with E-state index in [1.54, 1.807) is 0 Å². The zero-order valence-electron chi connectivity index (χ0n) is 10.6. The normalized spacial score (nSPS) is 10.3. The minimum absolute atomic E-state index is 0.572. The molecular formula is C14H18N4. The number of nitrogen functional groups attached to an aromatic ring is 1. The first kappa shape index (κ1) is 12.4. The number of anilines is 2. The van der Waals surface area contributed by atoms with Crippen LogP contribution in [0.1, 0.15) is 24.5 Å². The number of aromatic nitrogens is 2. The van der Waals surface area contributed by atoms with E-state index in [9.17, 15) is 0 Å². The van der Waals surface area contributed by atoms with E-state index in [1.807, 2.05) is 18.2 Å². The van der Waals surface area contributed by atoms with E-state index < -0.39 is 0 Å². The molecule has 4 heteroatoms. The minimum Gasteiger partial charge on any atom is -0.383 e. The second kappa shape index (κ2) is 6.00. The van der Waals surface area contributed by atoms with Crippen molar-refractivity contribution in [2.75, 3.05) is 11.1 Å². The van der Waals surface area contributed by atoms with Gasteiger partial charge in [0.25, 0.3) is 0 Å². The summed E-state index contributed by atoms with van der Waals surface area (Å²) in [5.41, 5.74) is 8.11. The standard InChI is InChI=1S/C14H18N4/c1-2-6-12-13(15)17-10-18-14(12)16-9-11-7-4-3-5-8-11/h3-5,7-8,10H,2,6,9H2,1H3,(H3,15,16,17,18). The summed E-state index contributed by atoms with van der Waals surface area (Å²) >= 11 is 0. The molecule has 1 heterocycles. The van der Waals surface area contributed by atoms with Crippen LogP contribution in [0.15, 0.2) is 36.7 Å². The highest BCUT2D eigenvalue weighted by molar-refractivity contribution is 5.55. The van der Waals surface area contributed by atoms with Crippen LogP contribution in [0.2, 0.25) is 0 Å². The van der Waals surface area contributed by atoms with Crippen molar-refractivity contribution in [2.45, 2.75) is 26.3 Å². The fraction of sp³-hybridized carbons (Fsp3) is 0.286. The zero-order chi connectivity index (χ0) is 12.8. The van der Waals surface area contributed by atoms with E-state index in [1.165, 1.54) is 11.9 Å². The van der Waals surface area contributed by atoms with E-state index in [4.69, 9.17) is 5.73 Å². The molecule has 0 unspecified atom stereocenters. The summed E-state index contributed by atoms with van der Waals surface area (Å²) in [4.78, 5) is 8.31. The first-order valence-corrected chi connectivity index (χ1v) is 6.18. The largest absolute Gasteiger partial charge is 0.383 e. The smallest absolute Gasteiger partial charge is 0.134 e. The fourth-order valence-electron chi connectivity index (χ4n) is 1.86. The summed E-state index contributed by atoms with van der Waals surface area (Å²) in [6.45, 7) is 2.86. The van der Waals surface area contributed by atoms with Crippen LogP contribution in [-0.4, -0.2) is 9.97 Å². The van der Waals surface area contributed by atoms with Crippen molar-refractivity contribution in [3.8, 4) is 0 Å². The molecule has 0 atom stereocenters. The minimum atomic E-state index is 0.572. The van der Waals surface area contributed by atoms with Gasteiger partial charge in [-0.2, -0.15) is 0 Å². The van der Waals surface area contributed by atoms with E-state index in [2.05, 4.69) is 34.3 Å². The second-order valence-corrected chi connectivity index (χ2v) is 4.18. The SMILES string of the molecule is CCCc1c(N)ncnc1NCc1ccccc1. The van der Waals surface area contributed by atoms with Gasteiger partial charge in [0.2, 0.25) is 0 Å². The molecule has 0 saturated heterocycles. The molecule has 4 nitrogen and oxygen atoms in total. The van der Waals surface area contributed by atoms with Crippen molar-refractivity contribution >= 4 is 11.6 Å². The van der Waals surface area contributed by atoms with Crippen molar-refractivity contribution in [3.63, 3.8) is 0 Å². The lowest BCUT2D eigenvalue weighted by molar-refractivity contribution is 0.901. The van der Waals surface area contributed by atoms with Crippen LogP contribution in [0.3, 0.4) is 0 Å². The van der Waals surface area contributed by atoms with Gasteiger partial charge in [0, 0.05) is 12.1 Å². The molecule has 3 N–H and O–H groups in total. The summed E-state index contributed by atoms with van der Waals surface area (Å²) < 4.78 is 0. The van der Waals surface area contributed by atoms with Gasteiger partial charge in [0.05, 0.1) is 0 Å². The van der Waals surface area contributed by atoms with Crippen molar-refractivity contribution in [3.05, 3.63) is 47.8 Å². The average molecular weight is 242 g/mol. The second-order valence-electron chi connectivity index (χ2n) is 4.18. The van der Waals surface area contributed by atoms with Crippen LogP contribution >= 0.6 is 0 Å². The van der Waals surface area contributed by atoms with E-state index in [0.29, 0.717) is 5.82 Å². The third kappa shape index (κ3) is 2.97. The molecule has 1 aromatic carbocycles. The number of nitrogens with two attached hydrogens (primary N) is 1. The van der Waals surface area contributed by atoms with Crippen LogP contribution in [0, 0.1) is 0 Å². The third-order valence-electron chi connectivity index (χ3n) is 2.78. The van der Waals surface area contributed by atoms with Gasteiger partial charge < -0.3 is 11.1 Å². The molecule has 0 aliphatic carbocycles. The topological polar surface area (TPSA) is 63.8 Å². The number of rotatable bonds is 5. The van der Waals surface area contributed by atoms with Gasteiger partial charge in [0.1, 0.15) is 18.0 Å². The van der Waals surface area contributed by atoms with Crippen LogP contribution in [-0.2, 0) is 13.0 Å². The van der Waals surface area contributed by atoms with Crippen molar-refractivity contribution < 1.29 is 0 Å². The Bertz CT molecular complexity index is 496. The quantitative estimate of drug-likeness (QED) is 0.846. The van der Waals surface area contributed by atoms with E-state index in [-0.39, 0.29) is 0 Å². The van der Waals surface area contributed by atoms with Crippen LogP contribution in [0.4, 0.5) is 11.6 Å². The Balaban J connectivity index is 2.11. The first-order chi connectivity index (χ1) is 8.81. The molecule has 0 spiro atoms. The molecule has 2 rings (SSSR count). The number of nitrogens with one attached hydrogen (secondary N) is 1. The Morgan fingerprint density at radius 1 is 1.17 bits per heavy atom. The summed E-state index contributed by atoms with van der Waals surface area (Å²) in [5, 5.41) is 3.32. The summed E-state index contributed by atoms with van der Waals surface area (Å²) in [5.74, 6) is 1.41. The highest BCUT2D eigenvalue weighted by Gasteiger charge is 2.07.